The van der Waals surface area contributed by atoms with E-state index in [2.05, 4.69) is 70.9 Å². The highest BCUT2D eigenvalue weighted by Gasteiger charge is 2.27. The van der Waals surface area contributed by atoms with Gasteiger partial charge in [-0.1, -0.05) is 55.7 Å². The van der Waals surface area contributed by atoms with Crippen LogP contribution in [0.5, 0.6) is 0 Å². The van der Waals surface area contributed by atoms with Crippen molar-refractivity contribution in [2.75, 3.05) is 12.8 Å². The average molecular weight is 420 g/mol. The fourth-order valence-corrected chi connectivity index (χ4v) is 5.00. The Labute approximate surface area is 183 Å². The van der Waals surface area contributed by atoms with E-state index < -0.39 is 5.97 Å². The van der Waals surface area contributed by atoms with Crippen LogP contribution in [0.4, 0.5) is 0 Å². The molecule has 0 saturated heterocycles. The average Bonchev–Trinajstić information content (AvgIpc) is 2.67. The van der Waals surface area contributed by atoms with Crippen molar-refractivity contribution in [2.45, 2.75) is 85.7 Å². The van der Waals surface area contributed by atoms with E-state index in [1.165, 1.54) is 28.0 Å². The first-order chi connectivity index (χ1) is 13.7. The minimum atomic E-state index is -0.716. The van der Waals surface area contributed by atoms with Crippen molar-refractivity contribution in [3.05, 3.63) is 45.9 Å². The van der Waals surface area contributed by atoms with E-state index >= 15 is 0 Å². The first kappa shape index (κ1) is 25.8. The second kappa shape index (κ2) is 13.1. The summed E-state index contributed by atoms with van der Waals surface area (Å²) < 4.78 is 0. The molecule has 0 spiro atoms. The highest BCUT2D eigenvalue weighted by atomic mass is 32.2. The number of carboxylic acid groups (broad SMARTS) is 1. The summed E-state index contributed by atoms with van der Waals surface area (Å²) in [5.41, 5.74) is 4.29. The molecule has 1 aliphatic heterocycles. The molecule has 0 radical (unpaired) electrons. The molecule has 0 bridgehead atoms. The number of carbonyl (C=O) groups is 1. The number of hydrogen-bond donors (Lipinski definition) is 1. The Morgan fingerprint density at radius 2 is 2.03 bits per heavy atom. The number of likely N-dealkylation sites (N-methyl/N-ethyl adjacent to an activating group) is 1. The molecule has 3 atom stereocenters. The van der Waals surface area contributed by atoms with Crippen molar-refractivity contribution in [2.24, 2.45) is 5.92 Å². The largest absolute Gasteiger partial charge is 0.481 e. The number of thioether (sulfide) groups is 1. The van der Waals surface area contributed by atoms with Crippen LogP contribution in [0.25, 0.3) is 0 Å². The molecule has 29 heavy (non-hydrogen) atoms. The first-order valence-corrected chi connectivity index (χ1v) is 12.0. The molecule has 1 aliphatic rings. The Morgan fingerprint density at radius 1 is 1.34 bits per heavy atom. The maximum atomic E-state index is 11.1. The van der Waals surface area contributed by atoms with E-state index in [9.17, 15) is 4.79 Å². The van der Waals surface area contributed by atoms with Gasteiger partial charge in [0.05, 0.1) is 0 Å². The van der Waals surface area contributed by atoms with Crippen LogP contribution >= 0.6 is 11.8 Å². The summed E-state index contributed by atoms with van der Waals surface area (Å²) in [7, 11) is 2.14. The minimum Gasteiger partial charge on any atom is -0.481 e. The van der Waals surface area contributed by atoms with Crippen molar-refractivity contribution in [1.82, 2.24) is 4.90 Å². The van der Waals surface area contributed by atoms with E-state index in [1.54, 1.807) is 0 Å². The van der Waals surface area contributed by atoms with Gasteiger partial charge < -0.3 is 5.11 Å². The molecule has 0 aromatic rings. The SMILES string of the molecule is CCC/C=C\C=C(/C)CCC1=C(C(C)N(C)C(C)C(C)CC(=O)O)SCC=C1C. The van der Waals surface area contributed by atoms with Gasteiger partial charge in [0.25, 0.3) is 0 Å². The summed E-state index contributed by atoms with van der Waals surface area (Å²) in [5.74, 6) is 0.428. The Hall–Kier alpha value is -1.26. The number of unbranched alkanes of at least 4 members (excludes halogenated alkanes) is 1. The van der Waals surface area contributed by atoms with Crippen LogP contribution in [0, 0.1) is 5.92 Å². The van der Waals surface area contributed by atoms with Gasteiger partial charge in [-0.25, -0.2) is 0 Å². The quantitative estimate of drug-likeness (QED) is 0.352. The summed E-state index contributed by atoms with van der Waals surface area (Å²) in [6.45, 7) is 13.1. The lowest BCUT2D eigenvalue weighted by Crippen LogP contribution is -2.42. The van der Waals surface area contributed by atoms with Crippen molar-refractivity contribution in [3.63, 3.8) is 0 Å². The van der Waals surface area contributed by atoms with Crippen molar-refractivity contribution in [1.29, 1.82) is 0 Å². The highest BCUT2D eigenvalue weighted by Crippen LogP contribution is 2.37. The number of hydrogen-bond acceptors (Lipinski definition) is 3. The van der Waals surface area contributed by atoms with Gasteiger partial charge in [0, 0.05) is 29.2 Å². The molecule has 0 amide bonds. The number of carboxylic acids is 1. The maximum Gasteiger partial charge on any atom is 0.303 e. The lowest BCUT2D eigenvalue weighted by Gasteiger charge is -2.37. The fourth-order valence-electron chi connectivity index (χ4n) is 3.64. The van der Waals surface area contributed by atoms with E-state index in [0.717, 1.165) is 25.0 Å². The molecule has 0 aliphatic carbocycles. The molecule has 164 valence electrons. The maximum absolute atomic E-state index is 11.1. The number of allylic oxidation sites excluding steroid dienone is 6. The summed E-state index contributed by atoms with van der Waals surface area (Å²) in [6.07, 6.45) is 13.7. The van der Waals surface area contributed by atoms with Crippen LogP contribution in [-0.2, 0) is 4.79 Å². The van der Waals surface area contributed by atoms with E-state index in [0.29, 0.717) is 6.04 Å². The normalized spacial score (nSPS) is 18.9. The zero-order chi connectivity index (χ0) is 22.0. The molecule has 1 rings (SSSR count). The molecular weight excluding hydrogens is 378 g/mol. The van der Waals surface area contributed by atoms with Gasteiger partial charge >= 0.3 is 5.97 Å². The minimum absolute atomic E-state index is 0.120. The van der Waals surface area contributed by atoms with E-state index in [-0.39, 0.29) is 18.4 Å². The lowest BCUT2D eigenvalue weighted by atomic mass is 9.94. The van der Waals surface area contributed by atoms with Crippen LogP contribution < -0.4 is 0 Å². The van der Waals surface area contributed by atoms with Gasteiger partial charge in [-0.3, -0.25) is 9.69 Å². The molecule has 0 fully saturated rings. The van der Waals surface area contributed by atoms with Gasteiger partial charge in [0.1, 0.15) is 0 Å². The smallest absolute Gasteiger partial charge is 0.303 e. The monoisotopic (exact) mass is 419 g/mol. The van der Waals surface area contributed by atoms with Gasteiger partial charge in [-0.05, 0) is 65.5 Å². The van der Waals surface area contributed by atoms with Crippen LogP contribution in [0.15, 0.2) is 45.9 Å². The number of aliphatic carboxylic acids is 1. The van der Waals surface area contributed by atoms with Gasteiger partial charge in [-0.2, -0.15) is 0 Å². The summed E-state index contributed by atoms with van der Waals surface area (Å²) in [5, 5.41) is 9.14. The van der Waals surface area contributed by atoms with E-state index in [4.69, 9.17) is 5.11 Å². The molecule has 3 nitrogen and oxygen atoms in total. The summed E-state index contributed by atoms with van der Waals surface area (Å²) in [6, 6.07) is 0.505. The summed E-state index contributed by atoms with van der Waals surface area (Å²) in [4.78, 5) is 14.9. The topological polar surface area (TPSA) is 40.5 Å². The second-order valence-electron chi connectivity index (χ2n) is 8.43. The molecule has 1 N–H and O–H groups in total. The molecule has 0 aromatic carbocycles. The Bertz CT molecular complexity index is 660. The third-order valence-corrected chi connectivity index (χ3v) is 7.33. The Kier molecular flexibility index (Phi) is 11.7. The molecule has 0 aromatic heterocycles. The van der Waals surface area contributed by atoms with Crippen LogP contribution in [0.1, 0.15) is 73.6 Å². The van der Waals surface area contributed by atoms with Crippen LogP contribution in [0.3, 0.4) is 0 Å². The van der Waals surface area contributed by atoms with Crippen LogP contribution in [-0.4, -0.2) is 40.9 Å². The van der Waals surface area contributed by atoms with E-state index in [1.807, 2.05) is 18.7 Å². The molecular formula is C25H41NO2S. The van der Waals surface area contributed by atoms with Gasteiger partial charge in [0.15, 0.2) is 0 Å². The van der Waals surface area contributed by atoms with Gasteiger partial charge in [0.2, 0.25) is 0 Å². The number of nitrogens with zero attached hydrogens (tertiary/aromatic N) is 1. The molecule has 4 heteroatoms. The zero-order valence-corrected chi connectivity index (χ0v) is 20.3. The second-order valence-corrected chi connectivity index (χ2v) is 9.49. The fraction of sp³-hybridized carbons (Fsp3) is 0.640. The third-order valence-electron chi connectivity index (χ3n) is 6.10. The standard InChI is InChI=1S/C25H41NO2S/c1-8-9-10-11-12-18(2)13-14-23-19(3)15-16-29-25(23)22(6)26(7)21(5)20(4)17-24(27)28/h10-12,15,20-22H,8-9,13-14,16-17H2,1-7H3,(H,27,28)/b11-10-,18-12+. The molecule has 0 saturated carbocycles. The summed E-state index contributed by atoms with van der Waals surface area (Å²) >= 11 is 1.94. The van der Waals surface area contributed by atoms with Crippen molar-refractivity contribution >= 4 is 17.7 Å². The van der Waals surface area contributed by atoms with Crippen LogP contribution in [0.2, 0.25) is 0 Å². The molecule has 1 heterocycles. The Balaban J connectivity index is 2.92. The van der Waals surface area contributed by atoms with Gasteiger partial charge in [-0.15, -0.1) is 11.8 Å². The number of rotatable bonds is 12. The predicted octanol–water partition coefficient (Wildman–Crippen LogP) is 6.84. The van der Waals surface area contributed by atoms with Crippen molar-refractivity contribution in [3.8, 4) is 0 Å². The first-order valence-electron chi connectivity index (χ1n) is 11.0. The zero-order valence-electron chi connectivity index (χ0n) is 19.5. The van der Waals surface area contributed by atoms with Crippen molar-refractivity contribution < 1.29 is 9.90 Å². The lowest BCUT2D eigenvalue weighted by molar-refractivity contribution is -0.138. The predicted molar refractivity (Wildman–Crippen MR) is 128 cm³/mol. The molecule has 3 unspecified atom stereocenters. The Morgan fingerprint density at radius 3 is 2.66 bits per heavy atom. The highest BCUT2D eigenvalue weighted by molar-refractivity contribution is 8.03. The third kappa shape index (κ3) is 8.55.